The largest absolute Gasteiger partial charge is 0.391 e. The zero-order chi connectivity index (χ0) is 13.1. The monoisotopic (exact) mass is 250 g/mol. The summed E-state index contributed by atoms with van der Waals surface area (Å²) in [5.41, 5.74) is 1.00. The molecule has 1 aliphatic rings. The van der Waals surface area contributed by atoms with E-state index in [1.54, 1.807) is 17.0 Å². The van der Waals surface area contributed by atoms with Crippen LogP contribution in [0.4, 0.5) is 5.69 Å². The first-order valence-electron chi connectivity index (χ1n) is 5.75. The highest BCUT2D eigenvalue weighted by Gasteiger charge is 2.27. The van der Waals surface area contributed by atoms with Crippen molar-refractivity contribution in [2.24, 2.45) is 0 Å². The molecule has 1 aromatic rings. The lowest BCUT2D eigenvalue weighted by atomic mass is 10.1. The minimum atomic E-state index is -0.561. The molecule has 1 amide bonds. The summed E-state index contributed by atoms with van der Waals surface area (Å²) in [5, 5.41) is 19.8. The summed E-state index contributed by atoms with van der Waals surface area (Å²) in [5.74, 6) is -0.0376. The van der Waals surface area contributed by atoms with Crippen LogP contribution in [0, 0.1) is 10.1 Å². The number of aliphatic hydroxyl groups is 1. The molecule has 1 fully saturated rings. The van der Waals surface area contributed by atoms with Gasteiger partial charge in [-0.2, -0.15) is 0 Å². The number of nitrogens with zero attached hydrogens (tertiary/aromatic N) is 2. The van der Waals surface area contributed by atoms with Gasteiger partial charge < -0.3 is 10.0 Å². The van der Waals surface area contributed by atoms with Gasteiger partial charge in [0.2, 0.25) is 5.91 Å². The SMILES string of the molecule is O=C1CC(O)CN1CCc1ccc([N+](=O)[O-])cc1. The van der Waals surface area contributed by atoms with E-state index in [1.807, 2.05) is 0 Å². The topological polar surface area (TPSA) is 83.7 Å². The van der Waals surface area contributed by atoms with Gasteiger partial charge in [0.25, 0.3) is 5.69 Å². The van der Waals surface area contributed by atoms with Crippen molar-refractivity contribution in [2.45, 2.75) is 18.9 Å². The predicted molar refractivity (Wildman–Crippen MR) is 64.0 cm³/mol. The molecule has 1 heterocycles. The van der Waals surface area contributed by atoms with Gasteiger partial charge in [0, 0.05) is 25.2 Å². The van der Waals surface area contributed by atoms with Gasteiger partial charge in [-0.05, 0) is 12.0 Å². The van der Waals surface area contributed by atoms with Crippen molar-refractivity contribution in [1.82, 2.24) is 4.90 Å². The van der Waals surface area contributed by atoms with Gasteiger partial charge in [0.15, 0.2) is 0 Å². The molecular weight excluding hydrogens is 236 g/mol. The van der Waals surface area contributed by atoms with Crippen LogP contribution in [0.25, 0.3) is 0 Å². The highest BCUT2D eigenvalue weighted by molar-refractivity contribution is 5.79. The molecule has 0 aliphatic carbocycles. The second-order valence-electron chi connectivity index (χ2n) is 4.37. The van der Waals surface area contributed by atoms with Gasteiger partial charge >= 0.3 is 0 Å². The number of β-amino-alcohol motifs (C(OH)–C–C–N with tert-alkyl or cyclic N) is 1. The number of non-ortho nitro benzene ring substituents is 1. The number of carbonyl (C=O) groups excluding carboxylic acids is 1. The maximum Gasteiger partial charge on any atom is 0.269 e. The Kier molecular flexibility index (Phi) is 3.57. The molecule has 1 aliphatic heterocycles. The molecule has 1 aromatic carbocycles. The molecule has 1 saturated heterocycles. The molecule has 0 saturated carbocycles. The van der Waals surface area contributed by atoms with Crippen LogP contribution >= 0.6 is 0 Å². The van der Waals surface area contributed by atoms with E-state index in [0.29, 0.717) is 19.5 Å². The first-order chi connectivity index (χ1) is 8.56. The molecule has 6 nitrogen and oxygen atoms in total. The fourth-order valence-electron chi connectivity index (χ4n) is 2.02. The van der Waals surface area contributed by atoms with Crippen molar-refractivity contribution in [2.75, 3.05) is 13.1 Å². The number of nitro benzene ring substituents is 1. The quantitative estimate of drug-likeness (QED) is 0.630. The van der Waals surface area contributed by atoms with E-state index >= 15 is 0 Å². The van der Waals surface area contributed by atoms with E-state index in [4.69, 9.17) is 0 Å². The van der Waals surface area contributed by atoms with E-state index in [2.05, 4.69) is 0 Å². The van der Waals surface area contributed by atoms with Crippen LogP contribution in [0.2, 0.25) is 0 Å². The Morgan fingerprint density at radius 2 is 2.06 bits per heavy atom. The van der Waals surface area contributed by atoms with Crippen LogP contribution in [0.15, 0.2) is 24.3 Å². The fraction of sp³-hybridized carbons (Fsp3) is 0.417. The smallest absolute Gasteiger partial charge is 0.269 e. The third-order valence-electron chi connectivity index (χ3n) is 3.01. The summed E-state index contributed by atoms with van der Waals surface area (Å²) in [6.07, 6.45) is 0.269. The molecule has 1 N–H and O–H groups in total. The Balaban J connectivity index is 1.90. The first kappa shape index (κ1) is 12.5. The predicted octanol–water partition coefficient (Wildman–Crippen LogP) is 0.730. The van der Waals surface area contributed by atoms with Gasteiger partial charge in [0.05, 0.1) is 17.4 Å². The highest BCUT2D eigenvalue weighted by atomic mass is 16.6. The highest BCUT2D eigenvalue weighted by Crippen LogP contribution is 2.15. The molecule has 18 heavy (non-hydrogen) atoms. The number of carbonyl (C=O) groups is 1. The van der Waals surface area contributed by atoms with Gasteiger partial charge in [-0.15, -0.1) is 0 Å². The van der Waals surface area contributed by atoms with E-state index in [1.165, 1.54) is 12.1 Å². The summed E-state index contributed by atoms with van der Waals surface area (Å²) in [7, 11) is 0. The van der Waals surface area contributed by atoms with Crippen molar-refractivity contribution >= 4 is 11.6 Å². The summed E-state index contributed by atoms with van der Waals surface area (Å²) >= 11 is 0. The van der Waals surface area contributed by atoms with Crippen LogP contribution in [0.3, 0.4) is 0 Å². The molecular formula is C12H14N2O4. The Morgan fingerprint density at radius 1 is 1.39 bits per heavy atom. The standard InChI is InChI=1S/C12H14N2O4/c15-11-7-12(16)13(8-11)6-5-9-1-3-10(4-2-9)14(17)18/h1-4,11,15H,5-8H2. The summed E-state index contributed by atoms with van der Waals surface area (Å²) in [6, 6.07) is 6.29. The molecule has 0 bridgehead atoms. The Bertz CT molecular complexity index is 458. The van der Waals surface area contributed by atoms with Crippen molar-refractivity contribution < 1.29 is 14.8 Å². The van der Waals surface area contributed by atoms with Gasteiger partial charge in [-0.3, -0.25) is 14.9 Å². The molecule has 2 rings (SSSR count). The van der Waals surface area contributed by atoms with Crippen LogP contribution in [-0.4, -0.2) is 40.0 Å². The second-order valence-corrected chi connectivity index (χ2v) is 4.37. The Hall–Kier alpha value is -1.95. The third-order valence-corrected chi connectivity index (χ3v) is 3.01. The van der Waals surface area contributed by atoms with E-state index in [-0.39, 0.29) is 18.0 Å². The summed E-state index contributed by atoms with van der Waals surface area (Å²) < 4.78 is 0. The van der Waals surface area contributed by atoms with Gasteiger partial charge in [0.1, 0.15) is 0 Å². The zero-order valence-corrected chi connectivity index (χ0v) is 9.78. The summed E-state index contributed by atoms with van der Waals surface area (Å²) in [6.45, 7) is 0.916. The van der Waals surface area contributed by atoms with Crippen LogP contribution in [-0.2, 0) is 11.2 Å². The number of amides is 1. The number of nitro groups is 1. The van der Waals surface area contributed by atoms with Gasteiger partial charge in [-0.1, -0.05) is 12.1 Å². The average Bonchev–Trinajstić information content (AvgIpc) is 2.66. The zero-order valence-electron chi connectivity index (χ0n) is 9.78. The molecule has 6 heteroatoms. The lowest BCUT2D eigenvalue weighted by Crippen LogP contribution is -2.28. The number of likely N-dealkylation sites (tertiary alicyclic amines) is 1. The molecule has 96 valence electrons. The van der Waals surface area contributed by atoms with E-state index < -0.39 is 11.0 Å². The van der Waals surface area contributed by atoms with Crippen molar-refractivity contribution in [1.29, 1.82) is 0 Å². The third kappa shape index (κ3) is 2.84. The minimum Gasteiger partial charge on any atom is -0.391 e. The van der Waals surface area contributed by atoms with Crippen LogP contribution in [0.5, 0.6) is 0 Å². The van der Waals surface area contributed by atoms with Crippen molar-refractivity contribution in [3.05, 3.63) is 39.9 Å². The van der Waals surface area contributed by atoms with Crippen molar-refractivity contribution in [3.8, 4) is 0 Å². The summed E-state index contributed by atoms with van der Waals surface area (Å²) in [4.78, 5) is 23.1. The normalized spacial score (nSPS) is 19.3. The van der Waals surface area contributed by atoms with Crippen LogP contribution in [0.1, 0.15) is 12.0 Å². The second kappa shape index (κ2) is 5.14. The molecule has 0 spiro atoms. The lowest BCUT2D eigenvalue weighted by Gasteiger charge is -2.15. The number of rotatable bonds is 4. The molecule has 1 atom stereocenters. The van der Waals surface area contributed by atoms with Crippen LogP contribution < -0.4 is 0 Å². The average molecular weight is 250 g/mol. The van der Waals surface area contributed by atoms with Gasteiger partial charge in [-0.25, -0.2) is 0 Å². The maximum atomic E-state index is 11.4. The molecule has 0 radical (unpaired) electrons. The van der Waals surface area contributed by atoms with E-state index in [0.717, 1.165) is 5.56 Å². The molecule has 1 unspecified atom stereocenters. The van der Waals surface area contributed by atoms with Crippen molar-refractivity contribution in [3.63, 3.8) is 0 Å². The first-order valence-corrected chi connectivity index (χ1v) is 5.75. The number of hydrogen-bond donors (Lipinski definition) is 1. The maximum absolute atomic E-state index is 11.4. The molecule has 0 aromatic heterocycles. The Morgan fingerprint density at radius 3 is 2.56 bits per heavy atom. The fourth-order valence-corrected chi connectivity index (χ4v) is 2.02. The lowest BCUT2D eigenvalue weighted by molar-refractivity contribution is -0.384. The van der Waals surface area contributed by atoms with E-state index in [9.17, 15) is 20.0 Å². The number of aliphatic hydroxyl groups excluding tert-OH is 1. The Labute approximate surface area is 104 Å². The number of hydrogen-bond acceptors (Lipinski definition) is 4. The minimum absolute atomic E-state index is 0.0376. The number of benzene rings is 1.